The zero-order valence-electron chi connectivity index (χ0n) is 13.7. The molecule has 2 aromatic carbocycles. The van der Waals surface area contributed by atoms with Gasteiger partial charge in [0.15, 0.2) is 11.5 Å². The highest BCUT2D eigenvalue weighted by atomic mass is 35.5. The van der Waals surface area contributed by atoms with Crippen molar-refractivity contribution in [1.29, 1.82) is 0 Å². The normalized spacial score (nSPS) is 11.0. The van der Waals surface area contributed by atoms with E-state index >= 15 is 0 Å². The Kier molecular flexibility index (Phi) is 5.23. The summed E-state index contributed by atoms with van der Waals surface area (Å²) in [4.78, 5) is 7.84. The molecule has 1 aromatic heterocycles. The Bertz CT molecular complexity index is 799. The summed E-state index contributed by atoms with van der Waals surface area (Å²) in [7, 11) is 1.61. The van der Waals surface area contributed by atoms with E-state index in [0.29, 0.717) is 36.2 Å². The first kappa shape index (κ1) is 16.6. The van der Waals surface area contributed by atoms with Gasteiger partial charge in [0.1, 0.15) is 5.82 Å². The van der Waals surface area contributed by atoms with E-state index in [9.17, 15) is 0 Å². The lowest BCUT2D eigenvalue weighted by molar-refractivity contribution is 0.311. The highest BCUT2D eigenvalue weighted by molar-refractivity contribution is 6.32. The first-order chi connectivity index (χ1) is 11.7. The van der Waals surface area contributed by atoms with Crippen molar-refractivity contribution < 1.29 is 9.47 Å². The third-order valence-corrected chi connectivity index (χ3v) is 3.92. The maximum absolute atomic E-state index is 6.29. The molecule has 5 nitrogen and oxygen atoms in total. The number of hydrogen-bond donors (Lipinski definition) is 2. The van der Waals surface area contributed by atoms with Gasteiger partial charge in [-0.15, -0.1) is 0 Å². The van der Waals surface area contributed by atoms with E-state index in [2.05, 4.69) is 15.3 Å². The van der Waals surface area contributed by atoms with Crippen LogP contribution in [0.15, 0.2) is 36.4 Å². The fourth-order valence-corrected chi connectivity index (χ4v) is 2.86. The first-order valence-corrected chi connectivity index (χ1v) is 8.22. The maximum atomic E-state index is 6.29. The van der Waals surface area contributed by atoms with E-state index in [1.54, 1.807) is 7.11 Å². The summed E-state index contributed by atoms with van der Waals surface area (Å²) in [5.74, 6) is 2.13. The minimum atomic E-state index is 0.541. The van der Waals surface area contributed by atoms with Gasteiger partial charge in [-0.1, -0.05) is 23.7 Å². The molecule has 126 valence electrons. The van der Waals surface area contributed by atoms with E-state index in [0.717, 1.165) is 22.4 Å². The number of imidazole rings is 1. The number of ether oxygens (including phenoxy) is 2. The SMILES string of the molecule is CCOc1c(Cl)cc(CNCc2nc3ccccc3[nH]2)cc1OC. The molecule has 3 aromatic rings. The van der Waals surface area contributed by atoms with E-state index in [1.807, 2.05) is 43.3 Å². The van der Waals surface area contributed by atoms with Gasteiger partial charge in [-0.25, -0.2) is 4.98 Å². The zero-order chi connectivity index (χ0) is 16.9. The number of aromatic amines is 1. The van der Waals surface area contributed by atoms with Crippen LogP contribution < -0.4 is 14.8 Å². The summed E-state index contributed by atoms with van der Waals surface area (Å²) in [5, 5.41) is 3.91. The van der Waals surface area contributed by atoms with E-state index in [1.165, 1.54) is 0 Å². The number of rotatable bonds is 7. The van der Waals surface area contributed by atoms with Crippen LogP contribution in [0.1, 0.15) is 18.3 Å². The minimum Gasteiger partial charge on any atom is -0.493 e. The van der Waals surface area contributed by atoms with Crippen LogP contribution in [0.5, 0.6) is 11.5 Å². The van der Waals surface area contributed by atoms with Crippen molar-refractivity contribution in [2.75, 3.05) is 13.7 Å². The number of aromatic nitrogens is 2. The molecule has 24 heavy (non-hydrogen) atoms. The number of H-pyrrole nitrogens is 1. The van der Waals surface area contributed by atoms with Gasteiger partial charge in [0, 0.05) is 6.54 Å². The van der Waals surface area contributed by atoms with Crippen LogP contribution in [0.3, 0.4) is 0 Å². The van der Waals surface area contributed by atoms with Crippen molar-refractivity contribution in [3.63, 3.8) is 0 Å². The average molecular weight is 346 g/mol. The summed E-state index contributed by atoms with van der Waals surface area (Å²) in [6.07, 6.45) is 0. The van der Waals surface area contributed by atoms with Gasteiger partial charge >= 0.3 is 0 Å². The highest BCUT2D eigenvalue weighted by Gasteiger charge is 2.11. The first-order valence-electron chi connectivity index (χ1n) is 7.84. The monoisotopic (exact) mass is 345 g/mol. The largest absolute Gasteiger partial charge is 0.493 e. The second-order valence-corrected chi connectivity index (χ2v) is 5.75. The number of fused-ring (bicyclic) bond motifs is 1. The lowest BCUT2D eigenvalue weighted by Crippen LogP contribution is -2.14. The standard InChI is InChI=1S/C18H20ClN3O2/c1-3-24-18-13(19)8-12(9-16(18)23-2)10-20-11-17-21-14-6-4-5-7-15(14)22-17/h4-9,20H,3,10-11H2,1-2H3,(H,21,22). The molecule has 0 bridgehead atoms. The summed E-state index contributed by atoms with van der Waals surface area (Å²) in [6.45, 7) is 3.75. The van der Waals surface area contributed by atoms with Crippen LogP contribution in [0.4, 0.5) is 0 Å². The molecule has 0 unspecified atom stereocenters. The van der Waals surface area contributed by atoms with Crippen LogP contribution in [0.25, 0.3) is 11.0 Å². The molecule has 2 N–H and O–H groups in total. The van der Waals surface area contributed by atoms with Gasteiger partial charge in [0.05, 0.1) is 36.3 Å². The highest BCUT2D eigenvalue weighted by Crippen LogP contribution is 2.36. The predicted octanol–water partition coefficient (Wildman–Crippen LogP) is 3.91. The summed E-state index contributed by atoms with van der Waals surface area (Å²) in [5.41, 5.74) is 3.04. The minimum absolute atomic E-state index is 0.541. The van der Waals surface area contributed by atoms with Crippen LogP contribution in [0.2, 0.25) is 5.02 Å². The van der Waals surface area contributed by atoms with Gasteiger partial charge in [-0.2, -0.15) is 0 Å². The Morgan fingerprint density at radius 3 is 2.79 bits per heavy atom. The Morgan fingerprint density at radius 1 is 1.21 bits per heavy atom. The molecule has 0 atom stereocenters. The molecule has 0 saturated heterocycles. The Morgan fingerprint density at radius 2 is 2.04 bits per heavy atom. The molecule has 3 rings (SSSR count). The van der Waals surface area contributed by atoms with Gasteiger partial charge in [0.25, 0.3) is 0 Å². The number of benzene rings is 2. The number of nitrogens with zero attached hydrogens (tertiary/aromatic N) is 1. The molecule has 0 aliphatic heterocycles. The van der Waals surface area contributed by atoms with Crippen molar-refractivity contribution in [3.05, 3.63) is 52.8 Å². The number of halogens is 1. The van der Waals surface area contributed by atoms with E-state index in [-0.39, 0.29) is 0 Å². The van der Waals surface area contributed by atoms with Crippen LogP contribution in [0, 0.1) is 0 Å². The van der Waals surface area contributed by atoms with Gasteiger partial charge in [0.2, 0.25) is 0 Å². The number of methoxy groups -OCH3 is 1. The molecule has 6 heteroatoms. The third-order valence-electron chi connectivity index (χ3n) is 3.64. The fraction of sp³-hybridized carbons (Fsp3) is 0.278. The predicted molar refractivity (Wildman–Crippen MR) is 95.8 cm³/mol. The number of nitrogens with one attached hydrogen (secondary N) is 2. The molecule has 0 saturated carbocycles. The average Bonchev–Trinajstić information content (AvgIpc) is 2.99. The Labute approximate surface area is 146 Å². The molecule has 0 amide bonds. The Hall–Kier alpha value is -2.24. The van der Waals surface area contributed by atoms with Crippen LogP contribution in [-0.2, 0) is 13.1 Å². The van der Waals surface area contributed by atoms with Gasteiger partial charge in [-0.3, -0.25) is 0 Å². The Balaban J connectivity index is 1.66. The quantitative estimate of drug-likeness (QED) is 0.681. The molecule has 0 fully saturated rings. The van der Waals surface area contributed by atoms with E-state index in [4.69, 9.17) is 21.1 Å². The third kappa shape index (κ3) is 3.63. The molecule has 0 spiro atoms. The second kappa shape index (κ2) is 7.55. The fourth-order valence-electron chi connectivity index (χ4n) is 2.57. The van der Waals surface area contributed by atoms with Crippen LogP contribution >= 0.6 is 11.6 Å². The van der Waals surface area contributed by atoms with Crippen molar-refractivity contribution in [3.8, 4) is 11.5 Å². The van der Waals surface area contributed by atoms with E-state index < -0.39 is 0 Å². The second-order valence-electron chi connectivity index (χ2n) is 5.35. The van der Waals surface area contributed by atoms with Crippen LogP contribution in [-0.4, -0.2) is 23.7 Å². The zero-order valence-corrected chi connectivity index (χ0v) is 14.5. The topological polar surface area (TPSA) is 59.2 Å². The lowest BCUT2D eigenvalue weighted by atomic mass is 10.2. The van der Waals surface area contributed by atoms with Crippen molar-refractivity contribution >= 4 is 22.6 Å². The van der Waals surface area contributed by atoms with Crippen molar-refractivity contribution in [2.24, 2.45) is 0 Å². The summed E-state index contributed by atoms with van der Waals surface area (Å²) >= 11 is 6.29. The molecular weight excluding hydrogens is 326 g/mol. The number of para-hydroxylation sites is 2. The smallest absolute Gasteiger partial charge is 0.179 e. The van der Waals surface area contributed by atoms with Gasteiger partial charge in [-0.05, 0) is 36.8 Å². The lowest BCUT2D eigenvalue weighted by Gasteiger charge is -2.13. The van der Waals surface area contributed by atoms with Crippen molar-refractivity contribution in [1.82, 2.24) is 15.3 Å². The summed E-state index contributed by atoms with van der Waals surface area (Å²) in [6, 6.07) is 11.8. The molecule has 0 aliphatic rings. The summed E-state index contributed by atoms with van der Waals surface area (Å²) < 4.78 is 10.9. The van der Waals surface area contributed by atoms with Gasteiger partial charge < -0.3 is 19.8 Å². The number of hydrogen-bond acceptors (Lipinski definition) is 4. The molecule has 0 aliphatic carbocycles. The molecule has 0 radical (unpaired) electrons. The maximum Gasteiger partial charge on any atom is 0.179 e. The molecular formula is C18H20ClN3O2. The van der Waals surface area contributed by atoms with Crippen molar-refractivity contribution in [2.45, 2.75) is 20.0 Å². The molecule has 1 heterocycles.